The number of carboxylic acid groups (broad SMARTS) is 1. The summed E-state index contributed by atoms with van der Waals surface area (Å²) in [5.74, 6) is -1.42. The third-order valence-corrected chi connectivity index (χ3v) is 11.0. The molecule has 3 aliphatic rings. The van der Waals surface area contributed by atoms with Crippen molar-refractivity contribution in [2.24, 2.45) is 17.1 Å². The van der Waals surface area contributed by atoms with Crippen molar-refractivity contribution in [3.05, 3.63) is 23.6 Å². The van der Waals surface area contributed by atoms with Gasteiger partial charge >= 0.3 is 5.97 Å². The highest BCUT2D eigenvalue weighted by Gasteiger charge is 2.71. The number of aliphatic carboxylic acids is 1. The quantitative estimate of drug-likeness (QED) is 0.154. The number of hydrogen-bond donors (Lipinski definition) is 4. The number of thiazole rings is 1. The number of aromatic nitrogens is 2. The Bertz CT molecular complexity index is 1270. The van der Waals surface area contributed by atoms with Gasteiger partial charge in [-0.3, -0.25) is 14.4 Å². The Labute approximate surface area is 220 Å². The molecule has 0 aliphatic carbocycles. The van der Waals surface area contributed by atoms with Crippen LogP contribution in [-0.4, -0.2) is 79.3 Å². The Kier molecular flexibility index (Phi) is 6.65. The number of aliphatic hydroxyl groups is 1. The van der Waals surface area contributed by atoms with Crippen LogP contribution < -0.4 is 15.6 Å². The van der Waals surface area contributed by atoms with Crippen molar-refractivity contribution in [3.8, 4) is 0 Å². The highest BCUT2D eigenvalue weighted by Crippen LogP contribution is 2.54. The van der Waals surface area contributed by atoms with Crippen LogP contribution >= 0.6 is 34.9 Å². The number of primary amides is 1. The number of aryl methyl sites for hydroxylation is 1. The molecule has 5 N–H and O–H groups in total. The molecule has 10 nitrogen and oxygen atoms in total. The third kappa shape index (κ3) is 3.70. The highest BCUT2D eigenvalue weighted by atomic mass is 32.2. The summed E-state index contributed by atoms with van der Waals surface area (Å²) in [6, 6.07) is -0.828. The standard InChI is InChI=1S/C23H29N5O5S3/c1-11-14(8-28-17(11)23(12(2)29,21(28)31)22(32)33)16-9-27-10-26(19(34-3)20(27)36-16)4-5-35-13-6-15(18(24)30)25-7-13/h8-13,15,17,25,29H,4-7H2,1-3H3,(H2-,24,30,32,33)/p+1/t11-,12+,13-,15-,17+,23+/m0/s1. The molecule has 5 rings (SSSR count). The van der Waals surface area contributed by atoms with Gasteiger partial charge < -0.3 is 26.2 Å². The van der Waals surface area contributed by atoms with Crippen LogP contribution in [0, 0.1) is 11.3 Å². The lowest BCUT2D eigenvalue weighted by Crippen LogP contribution is -2.74. The van der Waals surface area contributed by atoms with Gasteiger partial charge in [-0.25, -0.2) is 4.57 Å². The Morgan fingerprint density at radius 2 is 2.19 bits per heavy atom. The molecule has 0 aromatic carbocycles. The van der Waals surface area contributed by atoms with E-state index in [-0.39, 0.29) is 17.9 Å². The molecule has 5 heterocycles. The number of imidazole rings is 1. The average molecular weight is 553 g/mol. The lowest BCUT2D eigenvalue weighted by atomic mass is 9.63. The van der Waals surface area contributed by atoms with Gasteiger partial charge in [-0.2, -0.15) is 16.2 Å². The average Bonchev–Trinajstić information content (AvgIpc) is 3.55. The van der Waals surface area contributed by atoms with Crippen LogP contribution in [0.3, 0.4) is 0 Å². The zero-order valence-corrected chi connectivity index (χ0v) is 22.7. The Morgan fingerprint density at radius 3 is 2.81 bits per heavy atom. The fraction of sp³-hybridized carbons (Fsp3) is 0.565. The van der Waals surface area contributed by atoms with Gasteiger partial charge in [-0.1, -0.05) is 30.0 Å². The zero-order valence-electron chi connectivity index (χ0n) is 20.2. The second-order valence-corrected chi connectivity index (χ2v) is 12.8. The van der Waals surface area contributed by atoms with Gasteiger partial charge in [0.05, 0.1) is 23.1 Å². The van der Waals surface area contributed by atoms with E-state index in [0.717, 1.165) is 45.6 Å². The number of amides is 2. The van der Waals surface area contributed by atoms with E-state index in [1.54, 1.807) is 29.3 Å². The van der Waals surface area contributed by atoms with Crippen LogP contribution in [-0.2, 0) is 20.9 Å². The van der Waals surface area contributed by atoms with Crippen molar-refractivity contribution >= 4 is 63.0 Å². The Morgan fingerprint density at radius 1 is 1.44 bits per heavy atom. The van der Waals surface area contributed by atoms with Crippen LogP contribution in [0.1, 0.15) is 25.1 Å². The third-order valence-electron chi connectivity index (χ3n) is 7.61. The van der Waals surface area contributed by atoms with Crippen molar-refractivity contribution in [1.29, 1.82) is 0 Å². The predicted octanol–water partition coefficient (Wildman–Crippen LogP) is 0.612. The summed E-state index contributed by atoms with van der Waals surface area (Å²) in [5, 5.41) is 24.8. The Balaban J connectivity index is 1.32. The van der Waals surface area contributed by atoms with E-state index in [0.29, 0.717) is 5.25 Å². The van der Waals surface area contributed by atoms with E-state index in [1.165, 1.54) is 11.8 Å². The Hall–Kier alpha value is -2.06. The molecule has 13 heteroatoms. The van der Waals surface area contributed by atoms with E-state index in [1.807, 2.05) is 31.1 Å². The maximum absolute atomic E-state index is 12.8. The smallest absolute Gasteiger partial charge is 0.324 e. The van der Waals surface area contributed by atoms with Gasteiger partial charge in [0.2, 0.25) is 21.7 Å². The second kappa shape index (κ2) is 9.35. The van der Waals surface area contributed by atoms with Crippen molar-refractivity contribution in [2.45, 2.75) is 55.3 Å². The number of nitrogens with one attached hydrogen (secondary N) is 1. The van der Waals surface area contributed by atoms with Gasteiger partial charge in [0, 0.05) is 29.7 Å². The molecule has 3 aliphatic heterocycles. The van der Waals surface area contributed by atoms with Crippen LogP contribution in [0.4, 0.5) is 0 Å². The molecule has 0 saturated carbocycles. The fourth-order valence-corrected chi connectivity index (χ4v) is 9.08. The SMILES string of the molecule is CSc1c2sc(C3=CN4C(=O)[C@@](C(=O)O)([C@@H](C)O)[C@H]4[C@H]3C)cn2c[n+]1CCS[C@@H]1CN[C@H](C(N)=O)C1. The monoisotopic (exact) mass is 552 g/mol. The molecule has 2 aromatic heterocycles. The van der Waals surface area contributed by atoms with Crippen molar-refractivity contribution in [3.63, 3.8) is 0 Å². The summed E-state index contributed by atoms with van der Waals surface area (Å²) < 4.78 is 4.31. The molecule has 36 heavy (non-hydrogen) atoms. The van der Waals surface area contributed by atoms with Crippen molar-refractivity contribution in [1.82, 2.24) is 14.6 Å². The number of β-lactam (4-membered cyclic amide) rings is 1. The molecule has 0 spiro atoms. The van der Waals surface area contributed by atoms with Crippen LogP contribution in [0.2, 0.25) is 0 Å². The summed E-state index contributed by atoms with van der Waals surface area (Å²) in [4.78, 5) is 39.8. The number of aliphatic hydroxyl groups excluding tert-OH is 1. The summed E-state index contributed by atoms with van der Waals surface area (Å²) in [5.41, 5.74) is 4.52. The number of nitrogens with two attached hydrogens (primary N) is 1. The largest absolute Gasteiger partial charge is 0.480 e. The molecule has 2 aromatic rings. The minimum atomic E-state index is -1.80. The number of fused-ring (bicyclic) bond motifs is 2. The summed E-state index contributed by atoms with van der Waals surface area (Å²) in [6.45, 7) is 4.93. The van der Waals surface area contributed by atoms with Crippen molar-refractivity contribution < 1.29 is 29.2 Å². The van der Waals surface area contributed by atoms with E-state index < -0.39 is 29.4 Å². The number of carboxylic acids is 1. The molecular weight excluding hydrogens is 522 g/mol. The van der Waals surface area contributed by atoms with Gasteiger partial charge in [-0.05, 0) is 25.2 Å². The van der Waals surface area contributed by atoms with E-state index in [9.17, 15) is 24.6 Å². The summed E-state index contributed by atoms with van der Waals surface area (Å²) in [7, 11) is 0. The molecular formula is C23H30N5O5S3+. The number of carbonyl (C=O) groups excluding carboxylic acids is 2. The first-order valence-electron chi connectivity index (χ1n) is 11.8. The molecule has 0 radical (unpaired) electrons. The van der Waals surface area contributed by atoms with Gasteiger partial charge in [0.1, 0.15) is 12.7 Å². The molecule has 194 valence electrons. The summed E-state index contributed by atoms with van der Waals surface area (Å²) >= 11 is 5.14. The minimum absolute atomic E-state index is 0.220. The second-order valence-electron chi connectivity index (χ2n) is 9.60. The normalized spacial score (nSPS) is 30.4. The number of rotatable bonds is 9. The molecule has 0 unspecified atom stereocenters. The highest BCUT2D eigenvalue weighted by molar-refractivity contribution is 8.00. The predicted molar refractivity (Wildman–Crippen MR) is 139 cm³/mol. The van der Waals surface area contributed by atoms with E-state index in [4.69, 9.17) is 5.73 Å². The minimum Gasteiger partial charge on any atom is -0.480 e. The van der Waals surface area contributed by atoms with E-state index in [2.05, 4.69) is 20.6 Å². The number of nitrogens with zero attached hydrogens (tertiary/aromatic N) is 3. The molecule has 2 amide bonds. The maximum Gasteiger partial charge on any atom is 0.324 e. The van der Waals surface area contributed by atoms with Gasteiger partial charge in [0.25, 0.3) is 6.33 Å². The first-order valence-corrected chi connectivity index (χ1v) is 14.9. The number of thioether (sulfide) groups is 2. The van der Waals surface area contributed by atoms with E-state index >= 15 is 0 Å². The lowest BCUT2D eigenvalue weighted by Gasteiger charge is -2.52. The number of hydrogen-bond acceptors (Lipinski definition) is 8. The number of carbonyl (C=O) groups is 3. The first-order chi connectivity index (χ1) is 17.1. The lowest BCUT2D eigenvalue weighted by molar-refractivity contribution is -0.725. The fourth-order valence-electron chi connectivity index (χ4n) is 5.74. The zero-order chi connectivity index (χ0) is 25.9. The molecule has 2 fully saturated rings. The molecule has 6 atom stereocenters. The van der Waals surface area contributed by atoms with Crippen LogP contribution in [0.5, 0.6) is 0 Å². The van der Waals surface area contributed by atoms with Crippen LogP contribution in [0.15, 0.2) is 23.8 Å². The van der Waals surface area contributed by atoms with Crippen molar-refractivity contribution in [2.75, 3.05) is 18.6 Å². The first kappa shape index (κ1) is 25.6. The summed E-state index contributed by atoms with van der Waals surface area (Å²) in [6.07, 6.45) is 7.39. The topological polar surface area (TPSA) is 141 Å². The maximum atomic E-state index is 12.8. The molecule has 2 saturated heterocycles. The van der Waals surface area contributed by atoms with Crippen LogP contribution in [0.25, 0.3) is 10.4 Å². The van der Waals surface area contributed by atoms with Gasteiger partial charge in [-0.15, -0.1) is 0 Å². The molecule has 0 bridgehead atoms. The van der Waals surface area contributed by atoms with Gasteiger partial charge in [0.15, 0.2) is 5.41 Å².